The van der Waals surface area contributed by atoms with Gasteiger partial charge in [-0.15, -0.1) is 0 Å². The molecule has 2 heterocycles. The van der Waals surface area contributed by atoms with Crippen molar-refractivity contribution >= 4 is 17.4 Å². The predicted molar refractivity (Wildman–Crippen MR) is 116 cm³/mol. The van der Waals surface area contributed by atoms with Gasteiger partial charge in [-0.05, 0) is 48.9 Å². The molecule has 1 saturated heterocycles. The number of ketones is 1. The van der Waals surface area contributed by atoms with E-state index < -0.39 is 23.5 Å². The highest BCUT2D eigenvalue weighted by molar-refractivity contribution is 6.46. The minimum absolute atomic E-state index is 0.0392. The lowest BCUT2D eigenvalue weighted by Crippen LogP contribution is -2.29. The maximum atomic E-state index is 14.8. The van der Waals surface area contributed by atoms with E-state index in [1.165, 1.54) is 23.1 Å². The van der Waals surface area contributed by atoms with E-state index in [9.17, 15) is 19.1 Å². The second-order valence-corrected chi connectivity index (χ2v) is 7.27. The first-order valence-electron chi connectivity index (χ1n) is 10.2. The number of pyridine rings is 1. The molecule has 6 nitrogen and oxygen atoms in total. The summed E-state index contributed by atoms with van der Waals surface area (Å²) in [6, 6.07) is 14.8. The normalized spacial score (nSPS) is 17.6. The molecule has 1 N–H and O–H groups in total. The highest BCUT2D eigenvalue weighted by Crippen LogP contribution is 2.41. The molecule has 1 amide bonds. The summed E-state index contributed by atoms with van der Waals surface area (Å²) in [6.45, 7) is 2.38. The molecule has 32 heavy (non-hydrogen) atoms. The third-order valence-corrected chi connectivity index (χ3v) is 5.25. The van der Waals surface area contributed by atoms with Crippen LogP contribution >= 0.6 is 0 Å². The summed E-state index contributed by atoms with van der Waals surface area (Å²) in [5.74, 6) is -2.02. The fourth-order valence-corrected chi connectivity index (χ4v) is 3.78. The second-order valence-electron chi connectivity index (χ2n) is 7.27. The van der Waals surface area contributed by atoms with Crippen molar-refractivity contribution in [2.24, 2.45) is 0 Å². The molecule has 7 heteroatoms. The average molecular weight is 432 g/mol. The van der Waals surface area contributed by atoms with Crippen LogP contribution in [0.1, 0.15) is 29.7 Å². The maximum absolute atomic E-state index is 14.8. The fraction of sp³-hybridized carbons (Fsp3) is 0.160. The lowest BCUT2D eigenvalue weighted by molar-refractivity contribution is -0.140. The van der Waals surface area contributed by atoms with Crippen molar-refractivity contribution in [3.63, 3.8) is 0 Å². The summed E-state index contributed by atoms with van der Waals surface area (Å²) >= 11 is 0. The highest BCUT2D eigenvalue weighted by atomic mass is 19.1. The summed E-state index contributed by atoms with van der Waals surface area (Å²) in [6.07, 6.45) is 3.17. The Hall–Kier alpha value is -4.00. The predicted octanol–water partition coefficient (Wildman–Crippen LogP) is 4.24. The number of ether oxygens (including phenoxy) is 1. The van der Waals surface area contributed by atoms with Crippen molar-refractivity contribution in [1.82, 2.24) is 9.88 Å². The number of halogens is 1. The van der Waals surface area contributed by atoms with Crippen LogP contribution in [0.2, 0.25) is 0 Å². The third-order valence-electron chi connectivity index (χ3n) is 5.25. The van der Waals surface area contributed by atoms with Gasteiger partial charge in [-0.25, -0.2) is 4.39 Å². The third kappa shape index (κ3) is 3.97. The quantitative estimate of drug-likeness (QED) is 0.358. The van der Waals surface area contributed by atoms with Crippen molar-refractivity contribution < 1.29 is 23.8 Å². The summed E-state index contributed by atoms with van der Waals surface area (Å²) < 4.78 is 20.2. The highest BCUT2D eigenvalue weighted by Gasteiger charge is 2.46. The molecule has 0 bridgehead atoms. The lowest BCUT2D eigenvalue weighted by atomic mass is 9.94. The van der Waals surface area contributed by atoms with Crippen LogP contribution in [0, 0.1) is 5.82 Å². The number of hydrogen-bond acceptors (Lipinski definition) is 5. The molecule has 0 unspecified atom stereocenters. The van der Waals surface area contributed by atoms with Gasteiger partial charge in [0.05, 0.1) is 18.2 Å². The number of aliphatic hydroxyl groups excluding tert-OH is 1. The van der Waals surface area contributed by atoms with Crippen molar-refractivity contribution in [1.29, 1.82) is 0 Å². The molecule has 1 atom stereocenters. The standard InChI is InChI=1S/C25H21FN2O4/c1-2-32-18-11-9-17(10-12-18)23(29)21-22(19-7-3-4-8-20(19)26)28(25(31)24(21)30)15-16-6-5-13-27-14-16/h3-14,22,29H,2,15H2,1H3/t22-/m1/s1. The summed E-state index contributed by atoms with van der Waals surface area (Å²) in [5, 5.41) is 11.0. The number of Topliss-reactive ketones (excluding diaryl/α,β-unsaturated/α-hetero) is 1. The minimum atomic E-state index is -1.08. The minimum Gasteiger partial charge on any atom is -0.507 e. The van der Waals surface area contributed by atoms with E-state index in [4.69, 9.17) is 4.74 Å². The summed E-state index contributed by atoms with van der Waals surface area (Å²) in [4.78, 5) is 31.3. The molecule has 1 aliphatic heterocycles. The number of aromatic nitrogens is 1. The van der Waals surface area contributed by atoms with Crippen LogP contribution in [0.3, 0.4) is 0 Å². The van der Waals surface area contributed by atoms with Crippen LogP contribution in [0.15, 0.2) is 78.6 Å². The Balaban J connectivity index is 1.84. The van der Waals surface area contributed by atoms with Gasteiger partial charge in [-0.1, -0.05) is 24.3 Å². The zero-order valence-electron chi connectivity index (χ0n) is 17.4. The Morgan fingerprint density at radius 2 is 1.84 bits per heavy atom. The van der Waals surface area contributed by atoms with E-state index in [1.54, 1.807) is 54.9 Å². The SMILES string of the molecule is CCOc1ccc(C(O)=C2C(=O)C(=O)N(Cc3cccnc3)[C@@H]2c2ccccc2F)cc1. The number of likely N-dealkylation sites (tertiary alicyclic amines) is 1. The first-order chi connectivity index (χ1) is 15.5. The van der Waals surface area contributed by atoms with Gasteiger partial charge in [-0.2, -0.15) is 0 Å². The molecule has 2 aromatic carbocycles. The van der Waals surface area contributed by atoms with Crippen LogP contribution in [0.25, 0.3) is 5.76 Å². The molecular weight excluding hydrogens is 411 g/mol. The van der Waals surface area contributed by atoms with Crippen molar-refractivity contribution in [2.75, 3.05) is 6.61 Å². The second kappa shape index (κ2) is 9.01. The average Bonchev–Trinajstić information content (AvgIpc) is 3.05. The van der Waals surface area contributed by atoms with Gasteiger partial charge < -0.3 is 14.7 Å². The number of benzene rings is 2. The maximum Gasteiger partial charge on any atom is 0.295 e. The van der Waals surface area contributed by atoms with E-state index in [0.717, 1.165) is 0 Å². The first-order valence-corrected chi connectivity index (χ1v) is 10.2. The molecule has 0 radical (unpaired) electrons. The molecule has 0 saturated carbocycles. The molecule has 0 aliphatic carbocycles. The topological polar surface area (TPSA) is 79.7 Å². The number of aliphatic hydroxyl groups is 1. The van der Waals surface area contributed by atoms with Crippen LogP contribution in [0.4, 0.5) is 4.39 Å². The Labute approximate surface area is 184 Å². The molecule has 4 rings (SSSR count). The number of hydrogen-bond donors (Lipinski definition) is 1. The largest absolute Gasteiger partial charge is 0.507 e. The molecule has 1 aliphatic rings. The van der Waals surface area contributed by atoms with Crippen LogP contribution < -0.4 is 4.74 Å². The number of nitrogens with zero attached hydrogens (tertiary/aromatic N) is 2. The molecule has 1 aromatic heterocycles. The summed E-state index contributed by atoms with van der Waals surface area (Å²) in [5.41, 5.74) is 0.974. The van der Waals surface area contributed by atoms with Crippen LogP contribution in [-0.2, 0) is 16.1 Å². The Morgan fingerprint density at radius 3 is 2.50 bits per heavy atom. The van der Waals surface area contributed by atoms with Gasteiger partial charge in [0.15, 0.2) is 0 Å². The Kier molecular flexibility index (Phi) is 5.98. The zero-order chi connectivity index (χ0) is 22.7. The van der Waals surface area contributed by atoms with Crippen molar-refractivity contribution in [3.8, 4) is 5.75 Å². The first kappa shape index (κ1) is 21.2. The van der Waals surface area contributed by atoms with Gasteiger partial charge >= 0.3 is 0 Å². The van der Waals surface area contributed by atoms with Crippen molar-refractivity contribution in [3.05, 3.63) is 101 Å². The van der Waals surface area contributed by atoms with Crippen LogP contribution in [-0.4, -0.2) is 33.3 Å². The van der Waals surface area contributed by atoms with E-state index in [0.29, 0.717) is 23.5 Å². The van der Waals surface area contributed by atoms with Crippen molar-refractivity contribution in [2.45, 2.75) is 19.5 Å². The van der Waals surface area contributed by atoms with Gasteiger partial charge in [0.2, 0.25) is 0 Å². The Bertz CT molecular complexity index is 1180. The monoisotopic (exact) mass is 432 g/mol. The summed E-state index contributed by atoms with van der Waals surface area (Å²) in [7, 11) is 0. The lowest BCUT2D eigenvalue weighted by Gasteiger charge is -2.25. The van der Waals surface area contributed by atoms with Crippen LogP contribution in [0.5, 0.6) is 5.75 Å². The van der Waals surface area contributed by atoms with E-state index in [1.807, 2.05) is 6.92 Å². The molecular formula is C25H21FN2O4. The number of carbonyl (C=O) groups is 2. The number of carbonyl (C=O) groups excluding carboxylic acids is 2. The zero-order valence-corrected chi connectivity index (χ0v) is 17.4. The molecule has 0 spiro atoms. The number of amides is 1. The van der Waals surface area contributed by atoms with Gasteiger partial charge in [-0.3, -0.25) is 14.6 Å². The Morgan fingerprint density at radius 1 is 1.09 bits per heavy atom. The molecule has 3 aromatic rings. The number of rotatable bonds is 6. The van der Waals surface area contributed by atoms with Gasteiger partial charge in [0.1, 0.15) is 17.3 Å². The smallest absolute Gasteiger partial charge is 0.295 e. The molecule has 162 valence electrons. The van der Waals surface area contributed by atoms with Gasteiger partial charge in [0.25, 0.3) is 11.7 Å². The fourth-order valence-electron chi connectivity index (χ4n) is 3.78. The van der Waals surface area contributed by atoms with E-state index in [2.05, 4.69) is 4.98 Å². The van der Waals surface area contributed by atoms with E-state index in [-0.39, 0.29) is 23.4 Å². The van der Waals surface area contributed by atoms with Gasteiger partial charge in [0, 0.05) is 30.1 Å². The molecule has 1 fully saturated rings. The van der Waals surface area contributed by atoms with E-state index >= 15 is 0 Å².